The highest BCUT2D eigenvalue weighted by molar-refractivity contribution is 5.45. The summed E-state index contributed by atoms with van der Waals surface area (Å²) in [6.07, 6.45) is 1.83. The van der Waals surface area contributed by atoms with Gasteiger partial charge in [0.1, 0.15) is 0 Å². The summed E-state index contributed by atoms with van der Waals surface area (Å²) in [5.74, 6) is 0. The zero-order valence-electron chi connectivity index (χ0n) is 11.3. The molecule has 0 atom stereocenters. The van der Waals surface area contributed by atoms with Crippen molar-refractivity contribution in [3.05, 3.63) is 42.5 Å². The Hall–Kier alpha value is -1.16. The van der Waals surface area contributed by atoms with Gasteiger partial charge >= 0.3 is 0 Å². The van der Waals surface area contributed by atoms with Crippen molar-refractivity contribution in [2.24, 2.45) is 5.73 Å². The average molecular weight is 235 g/mol. The minimum atomic E-state index is 0.750. The van der Waals surface area contributed by atoms with Crippen molar-refractivity contribution in [3.63, 3.8) is 0 Å². The molecule has 1 aliphatic rings. The van der Waals surface area contributed by atoms with Crippen LogP contribution in [0.2, 0.25) is 0 Å². The second-order valence-electron chi connectivity index (χ2n) is 4.02. The summed E-state index contributed by atoms with van der Waals surface area (Å²) in [6.45, 7) is 8.56. The van der Waals surface area contributed by atoms with Gasteiger partial charge in [0.25, 0.3) is 0 Å². The summed E-state index contributed by atoms with van der Waals surface area (Å²) < 4.78 is 0. The van der Waals surface area contributed by atoms with Crippen LogP contribution in [-0.2, 0) is 0 Å². The van der Waals surface area contributed by atoms with Gasteiger partial charge in [-0.25, -0.2) is 0 Å². The fourth-order valence-electron chi connectivity index (χ4n) is 1.37. The number of nitrogens with two attached hydrogens (primary N) is 1. The van der Waals surface area contributed by atoms with Crippen molar-refractivity contribution in [2.75, 3.05) is 34.0 Å². The van der Waals surface area contributed by atoms with E-state index in [1.165, 1.54) is 5.56 Å². The summed E-state index contributed by atoms with van der Waals surface area (Å²) in [4.78, 5) is 4.50. The molecule has 17 heavy (non-hydrogen) atoms. The molecule has 3 nitrogen and oxygen atoms in total. The lowest BCUT2D eigenvalue weighted by atomic mass is 10.2. The summed E-state index contributed by atoms with van der Waals surface area (Å²) >= 11 is 0. The van der Waals surface area contributed by atoms with Crippen molar-refractivity contribution in [1.29, 1.82) is 0 Å². The molecule has 0 bridgehead atoms. The Kier molecular flexibility index (Phi) is 9.34. The Morgan fingerprint density at radius 1 is 1.18 bits per heavy atom. The maximum Gasteiger partial charge on any atom is 0.0523 e. The van der Waals surface area contributed by atoms with Crippen LogP contribution in [0.5, 0.6) is 0 Å². The van der Waals surface area contributed by atoms with Gasteiger partial charge in [-0.3, -0.25) is 9.80 Å². The lowest BCUT2D eigenvalue weighted by Crippen LogP contribution is -2.50. The molecule has 1 saturated heterocycles. The summed E-state index contributed by atoms with van der Waals surface area (Å²) in [5.41, 5.74) is 6.02. The molecule has 1 fully saturated rings. The van der Waals surface area contributed by atoms with Crippen molar-refractivity contribution in [2.45, 2.75) is 6.92 Å². The number of hydrogen-bond donors (Lipinski definition) is 1. The normalized spacial score (nSPS) is 14.6. The minimum Gasteiger partial charge on any atom is -0.331 e. The second kappa shape index (κ2) is 10.0. The number of hydrogen-bond acceptors (Lipinski definition) is 3. The van der Waals surface area contributed by atoms with Gasteiger partial charge in [-0.1, -0.05) is 49.9 Å². The molecule has 1 heterocycles. The predicted molar refractivity (Wildman–Crippen MR) is 76.5 cm³/mol. The zero-order valence-corrected chi connectivity index (χ0v) is 11.3. The molecule has 1 aromatic carbocycles. The molecule has 0 aromatic heterocycles. The SMILES string of the molecule is C=Cc1ccccc1.CCN.CN1CN(C)C1. The van der Waals surface area contributed by atoms with Gasteiger partial charge in [0.05, 0.1) is 13.3 Å². The van der Waals surface area contributed by atoms with Gasteiger partial charge in [0, 0.05) is 0 Å². The Morgan fingerprint density at radius 3 is 1.76 bits per heavy atom. The van der Waals surface area contributed by atoms with E-state index < -0.39 is 0 Å². The van der Waals surface area contributed by atoms with Crippen LogP contribution >= 0.6 is 0 Å². The van der Waals surface area contributed by atoms with Gasteiger partial charge in [-0.15, -0.1) is 0 Å². The van der Waals surface area contributed by atoms with Gasteiger partial charge in [0.2, 0.25) is 0 Å². The van der Waals surface area contributed by atoms with Gasteiger partial charge in [-0.2, -0.15) is 0 Å². The molecular formula is C14H25N3. The van der Waals surface area contributed by atoms with Crippen LogP contribution in [0.15, 0.2) is 36.9 Å². The third-order valence-electron chi connectivity index (χ3n) is 2.00. The molecule has 1 aliphatic heterocycles. The standard InChI is InChI=1S/C8H8.C4H10N2.C2H7N/c1-2-8-6-4-3-5-7-8;1-5-3-6(2)4-5;1-2-3/h2-7H,1H2;3-4H2,1-2H3;2-3H2,1H3. The van der Waals surface area contributed by atoms with Crippen LogP contribution in [0.25, 0.3) is 6.08 Å². The maximum absolute atomic E-state index is 4.85. The monoisotopic (exact) mass is 235 g/mol. The van der Waals surface area contributed by atoms with Crippen molar-refractivity contribution >= 4 is 6.08 Å². The minimum absolute atomic E-state index is 0.750. The van der Waals surface area contributed by atoms with Crippen molar-refractivity contribution < 1.29 is 0 Å². The first-order valence-electron chi connectivity index (χ1n) is 5.88. The molecule has 0 aliphatic carbocycles. The molecule has 0 radical (unpaired) electrons. The topological polar surface area (TPSA) is 32.5 Å². The van der Waals surface area contributed by atoms with Crippen LogP contribution < -0.4 is 5.73 Å². The van der Waals surface area contributed by atoms with Gasteiger partial charge < -0.3 is 5.73 Å². The first kappa shape index (κ1) is 15.8. The third-order valence-corrected chi connectivity index (χ3v) is 2.00. The quantitative estimate of drug-likeness (QED) is 0.809. The van der Waals surface area contributed by atoms with Crippen LogP contribution in [0.4, 0.5) is 0 Å². The summed E-state index contributed by atoms with van der Waals surface area (Å²) in [7, 11) is 4.22. The fraction of sp³-hybridized carbons (Fsp3) is 0.429. The van der Waals surface area contributed by atoms with Crippen LogP contribution in [0.1, 0.15) is 12.5 Å². The van der Waals surface area contributed by atoms with Crippen molar-refractivity contribution in [3.8, 4) is 0 Å². The second-order valence-corrected chi connectivity index (χ2v) is 4.02. The molecular weight excluding hydrogens is 210 g/mol. The molecule has 0 spiro atoms. The van der Waals surface area contributed by atoms with E-state index in [9.17, 15) is 0 Å². The highest BCUT2D eigenvalue weighted by Crippen LogP contribution is 1.98. The highest BCUT2D eigenvalue weighted by atomic mass is 15.5. The van der Waals surface area contributed by atoms with E-state index in [-0.39, 0.29) is 0 Å². The number of rotatable bonds is 1. The zero-order chi connectivity index (χ0) is 13.1. The van der Waals surface area contributed by atoms with Gasteiger partial charge in [0.15, 0.2) is 0 Å². The largest absolute Gasteiger partial charge is 0.331 e. The molecule has 2 rings (SSSR count). The molecule has 0 saturated carbocycles. The first-order chi connectivity index (χ1) is 8.13. The van der Waals surface area contributed by atoms with E-state index in [2.05, 4.69) is 30.5 Å². The smallest absolute Gasteiger partial charge is 0.0523 e. The molecule has 96 valence electrons. The molecule has 2 N–H and O–H groups in total. The Balaban J connectivity index is 0.000000252. The number of benzene rings is 1. The van der Waals surface area contributed by atoms with Crippen LogP contribution in [0, 0.1) is 0 Å². The van der Waals surface area contributed by atoms with E-state index in [0.29, 0.717) is 0 Å². The molecule has 0 amide bonds. The summed E-state index contributed by atoms with van der Waals surface area (Å²) in [6, 6.07) is 10.0. The van der Waals surface area contributed by atoms with Crippen molar-refractivity contribution in [1.82, 2.24) is 9.80 Å². The van der Waals surface area contributed by atoms with Crippen LogP contribution in [0.3, 0.4) is 0 Å². The van der Waals surface area contributed by atoms with E-state index >= 15 is 0 Å². The van der Waals surface area contributed by atoms with Gasteiger partial charge in [-0.05, 0) is 26.2 Å². The fourth-order valence-corrected chi connectivity index (χ4v) is 1.37. The van der Waals surface area contributed by atoms with Crippen LogP contribution in [-0.4, -0.2) is 43.8 Å². The van der Waals surface area contributed by atoms with E-state index in [4.69, 9.17) is 5.73 Å². The lowest BCUT2D eigenvalue weighted by Gasteiger charge is -2.36. The Labute approximate surface area is 106 Å². The van der Waals surface area contributed by atoms with E-state index in [0.717, 1.165) is 19.9 Å². The molecule has 0 unspecified atom stereocenters. The maximum atomic E-state index is 4.85. The van der Waals surface area contributed by atoms with E-state index in [1.807, 2.05) is 43.3 Å². The highest BCUT2D eigenvalue weighted by Gasteiger charge is 2.12. The lowest BCUT2D eigenvalue weighted by molar-refractivity contribution is 0.0149. The average Bonchev–Trinajstić information content (AvgIpc) is 2.31. The Morgan fingerprint density at radius 2 is 1.59 bits per heavy atom. The Bertz CT molecular complexity index is 273. The summed E-state index contributed by atoms with van der Waals surface area (Å²) in [5, 5.41) is 0. The molecule has 1 aromatic rings. The first-order valence-corrected chi connectivity index (χ1v) is 5.88. The predicted octanol–water partition coefficient (Wildman–Crippen LogP) is 2.07. The van der Waals surface area contributed by atoms with E-state index in [1.54, 1.807) is 0 Å². The molecule has 3 heteroatoms. The number of nitrogens with zero attached hydrogens (tertiary/aromatic N) is 2. The third kappa shape index (κ3) is 8.63.